The fourth-order valence-corrected chi connectivity index (χ4v) is 3.38. The van der Waals surface area contributed by atoms with Gasteiger partial charge in [-0.25, -0.2) is 4.79 Å². The third kappa shape index (κ3) is 4.03. The highest BCUT2D eigenvalue weighted by atomic mass is 35.5. The van der Waals surface area contributed by atoms with Gasteiger partial charge >= 0.3 is 6.03 Å². The summed E-state index contributed by atoms with van der Waals surface area (Å²) < 4.78 is 0. The van der Waals surface area contributed by atoms with Crippen molar-refractivity contribution < 1.29 is 9.59 Å². The highest BCUT2D eigenvalue weighted by molar-refractivity contribution is 6.30. The smallest absolute Gasteiger partial charge is 0.324 e. The zero-order valence-corrected chi connectivity index (χ0v) is 13.9. The minimum absolute atomic E-state index is 0.000466. The average molecular weight is 336 g/mol. The van der Waals surface area contributed by atoms with Gasteiger partial charge < -0.3 is 10.2 Å². The summed E-state index contributed by atoms with van der Waals surface area (Å²) in [6.45, 7) is 3.85. The normalized spacial score (nSPS) is 23.0. The molecule has 23 heavy (non-hydrogen) atoms. The van der Waals surface area contributed by atoms with Crippen LogP contribution in [-0.2, 0) is 4.79 Å². The Kier molecular flexibility index (Phi) is 5.18. The van der Waals surface area contributed by atoms with Crippen molar-refractivity contribution in [3.8, 4) is 0 Å². The van der Waals surface area contributed by atoms with Crippen molar-refractivity contribution in [2.45, 2.75) is 25.2 Å². The lowest BCUT2D eigenvalue weighted by Gasteiger charge is -2.22. The number of carbonyl (C=O) groups is 2. The third-order valence-corrected chi connectivity index (χ3v) is 4.90. The Hall–Kier alpha value is -1.59. The molecule has 1 atom stereocenters. The summed E-state index contributed by atoms with van der Waals surface area (Å²) in [7, 11) is 0. The summed E-state index contributed by atoms with van der Waals surface area (Å²) in [6, 6.07) is 7.21. The first-order chi connectivity index (χ1) is 11.1. The van der Waals surface area contributed by atoms with E-state index >= 15 is 0 Å². The lowest BCUT2D eigenvalue weighted by molar-refractivity contribution is -0.128. The molecule has 124 valence electrons. The molecule has 1 unspecified atom stereocenters. The van der Waals surface area contributed by atoms with Crippen LogP contribution in [0.3, 0.4) is 0 Å². The van der Waals surface area contributed by atoms with Gasteiger partial charge in [-0.3, -0.25) is 9.69 Å². The van der Waals surface area contributed by atoms with E-state index in [9.17, 15) is 9.59 Å². The fraction of sp³-hybridized carbons (Fsp3) is 0.529. The second-order valence-corrected chi connectivity index (χ2v) is 6.67. The number of amides is 3. The number of urea groups is 1. The van der Waals surface area contributed by atoms with E-state index < -0.39 is 0 Å². The summed E-state index contributed by atoms with van der Waals surface area (Å²) in [6.07, 6.45) is 2.76. The van der Waals surface area contributed by atoms with Crippen LogP contribution in [0.15, 0.2) is 24.3 Å². The van der Waals surface area contributed by atoms with Crippen LogP contribution in [0.1, 0.15) is 30.7 Å². The maximum absolute atomic E-state index is 12.5. The molecule has 2 aliphatic heterocycles. The van der Waals surface area contributed by atoms with Gasteiger partial charge in [0.25, 0.3) is 0 Å². The number of hydrogen-bond acceptors (Lipinski definition) is 3. The van der Waals surface area contributed by atoms with Crippen LogP contribution in [-0.4, -0.2) is 54.5 Å². The second-order valence-electron chi connectivity index (χ2n) is 6.23. The van der Waals surface area contributed by atoms with Crippen LogP contribution in [0, 0.1) is 0 Å². The number of likely N-dealkylation sites (tertiary alicyclic amines) is 1. The molecule has 0 saturated carbocycles. The largest absolute Gasteiger partial charge is 0.337 e. The van der Waals surface area contributed by atoms with Crippen molar-refractivity contribution in [1.82, 2.24) is 15.1 Å². The molecular weight excluding hydrogens is 314 g/mol. The van der Waals surface area contributed by atoms with Crippen LogP contribution in [0.25, 0.3) is 0 Å². The Morgan fingerprint density at radius 2 is 1.78 bits per heavy atom. The molecule has 1 aromatic carbocycles. The van der Waals surface area contributed by atoms with E-state index in [0.717, 1.165) is 25.2 Å². The fourth-order valence-electron chi connectivity index (χ4n) is 3.26. The van der Waals surface area contributed by atoms with Gasteiger partial charge in [0.1, 0.15) is 0 Å². The number of benzene rings is 1. The molecule has 2 aliphatic rings. The molecule has 3 rings (SSSR count). The summed E-state index contributed by atoms with van der Waals surface area (Å²) in [5, 5.41) is 3.55. The van der Waals surface area contributed by atoms with Crippen molar-refractivity contribution >= 4 is 23.5 Å². The summed E-state index contributed by atoms with van der Waals surface area (Å²) >= 11 is 5.91. The van der Waals surface area contributed by atoms with Crippen molar-refractivity contribution in [3.05, 3.63) is 34.9 Å². The quantitative estimate of drug-likeness (QED) is 0.919. The molecule has 0 bridgehead atoms. The number of rotatable bonds is 4. The Bertz CT molecular complexity index is 570. The Balaban J connectivity index is 1.63. The van der Waals surface area contributed by atoms with Gasteiger partial charge in [-0.1, -0.05) is 23.7 Å². The van der Waals surface area contributed by atoms with Crippen LogP contribution in [0.2, 0.25) is 5.02 Å². The zero-order valence-electron chi connectivity index (χ0n) is 13.1. The standard InChI is InChI=1S/C17H22ClN3O2/c18-15-5-3-13(4-6-15)14-11-16(22)21(17(23)19-12-14)10-9-20-7-1-2-8-20/h3-6,14H,1-2,7-12H2,(H,19,23). The average Bonchev–Trinajstić information content (AvgIpc) is 3.01. The third-order valence-electron chi connectivity index (χ3n) is 4.65. The molecule has 0 aliphatic carbocycles. The molecule has 1 N–H and O–H groups in total. The van der Waals surface area contributed by atoms with Gasteiger partial charge in [0.15, 0.2) is 0 Å². The van der Waals surface area contributed by atoms with E-state index in [1.807, 2.05) is 24.3 Å². The van der Waals surface area contributed by atoms with E-state index in [1.165, 1.54) is 17.7 Å². The Morgan fingerprint density at radius 1 is 1.09 bits per heavy atom. The molecule has 1 aromatic rings. The predicted molar refractivity (Wildman–Crippen MR) is 89.6 cm³/mol. The molecule has 0 spiro atoms. The number of nitrogens with zero attached hydrogens (tertiary/aromatic N) is 2. The summed E-state index contributed by atoms with van der Waals surface area (Å²) in [5.41, 5.74) is 1.03. The molecule has 2 fully saturated rings. The second kappa shape index (κ2) is 7.32. The van der Waals surface area contributed by atoms with Crippen LogP contribution < -0.4 is 5.32 Å². The highest BCUT2D eigenvalue weighted by Gasteiger charge is 2.30. The van der Waals surface area contributed by atoms with Crippen molar-refractivity contribution in [2.75, 3.05) is 32.7 Å². The maximum Gasteiger partial charge on any atom is 0.324 e. The monoisotopic (exact) mass is 335 g/mol. The maximum atomic E-state index is 12.5. The van der Waals surface area contributed by atoms with Gasteiger partial charge in [-0.05, 0) is 43.6 Å². The number of imide groups is 1. The SMILES string of the molecule is O=C1CC(c2ccc(Cl)cc2)CNC(=O)N1CCN1CCCC1. The van der Waals surface area contributed by atoms with Gasteiger partial charge in [0, 0.05) is 37.0 Å². The molecular formula is C17H22ClN3O2. The molecule has 6 heteroatoms. The van der Waals surface area contributed by atoms with Gasteiger partial charge in [-0.2, -0.15) is 0 Å². The van der Waals surface area contributed by atoms with Crippen LogP contribution in [0.4, 0.5) is 4.79 Å². The molecule has 2 saturated heterocycles. The van der Waals surface area contributed by atoms with E-state index in [0.29, 0.717) is 24.5 Å². The van der Waals surface area contributed by atoms with E-state index in [4.69, 9.17) is 11.6 Å². The predicted octanol–water partition coefficient (Wildman–Crippen LogP) is 2.46. The first-order valence-electron chi connectivity index (χ1n) is 8.19. The lowest BCUT2D eigenvalue weighted by Crippen LogP contribution is -2.44. The van der Waals surface area contributed by atoms with Crippen molar-refractivity contribution in [3.63, 3.8) is 0 Å². The Labute approximate surface area is 141 Å². The number of nitrogens with one attached hydrogen (secondary N) is 1. The number of carbonyl (C=O) groups excluding carboxylic acids is 2. The lowest BCUT2D eigenvalue weighted by atomic mass is 9.95. The van der Waals surface area contributed by atoms with Gasteiger partial charge in [0.2, 0.25) is 5.91 Å². The van der Waals surface area contributed by atoms with Gasteiger partial charge in [0.05, 0.1) is 0 Å². The van der Waals surface area contributed by atoms with Crippen LogP contribution >= 0.6 is 11.6 Å². The molecule has 0 radical (unpaired) electrons. The summed E-state index contributed by atoms with van der Waals surface area (Å²) in [5.74, 6) is -0.0975. The minimum atomic E-state index is -0.273. The minimum Gasteiger partial charge on any atom is -0.337 e. The molecule has 5 nitrogen and oxygen atoms in total. The van der Waals surface area contributed by atoms with E-state index in [-0.39, 0.29) is 17.9 Å². The number of halogens is 1. The van der Waals surface area contributed by atoms with Crippen molar-refractivity contribution in [1.29, 1.82) is 0 Å². The number of hydrogen-bond donors (Lipinski definition) is 1. The zero-order chi connectivity index (χ0) is 16.2. The molecule has 0 aromatic heterocycles. The molecule has 2 heterocycles. The van der Waals surface area contributed by atoms with Crippen LogP contribution in [0.5, 0.6) is 0 Å². The highest BCUT2D eigenvalue weighted by Crippen LogP contribution is 2.24. The van der Waals surface area contributed by atoms with E-state index in [2.05, 4.69) is 10.2 Å². The summed E-state index contributed by atoms with van der Waals surface area (Å²) in [4.78, 5) is 28.4. The van der Waals surface area contributed by atoms with E-state index in [1.54, 1.807) is 0 Å². The van der Waals surface area contributed by atoms with Crippen molar-refractivity contribution in [2.24, 2.45) is 0 Å². The van der Waals surface area contributed by atoms with Gasteiger partial charge in [-0.15, -0.1) is 0 Å². The Morgan fingerprint density at radius 3 is 2.48 bits per heavy atom. The molecule has 3 amide bonds. The topological polar surface area (TPSA) is 52.7 Å². The first kappa shape index (κ1) is 16.3. The first-order valence-corrected chi connectivity index (χ1v) is 8.57.